The molecule has 8 heteroatoms. The van der Waals surface area contributed by atoms with Crippen molar-refractivity contribution in [3.63, 3.8) is 0 Å². The van der Waals surface area contributed by atoms with Crippen molar-refractivity contribution in [1.29, 1.82) is 0 Å². The molecule has 0 amide bonds. The van der Waals surface area contributed by atoms with Crippen LogP contribution in [0.15, 0.2) is 41.4 Å². The molecule has 5 nitrogen and oxygen atoms in total. The zero-order chi connectivity index (χ0) is 15.7. The number of alkyl halides is 2. The van der Waals surface area contributed by atoms with Crippen molar-refractivity contribution in [2.24, 2.45) is 0 Å². The van der Waals surface area contributed by atoms with E-state index in [1.807, 2.05) is 6.07 Å². The van der Waals surface area contributed by atoms with Crippen molar-refractivity contribution in [2.75, 3.05) is 11.4 Å². The highest BCUT2D eigenvalue weighted by atomic mass is 32.2. The molecule has 0 unspecified atom stereocenters. The Labute approximate surface area is 126 Å². The summed E-state index contributed by atoms with van der Waals surface area (Å²) in [5, 5.41) is 6.89. The number of benzene rings is 1. The van der Waals surface area contributed by atoms with Gasteiger partial charge in [0.2, 0.25) is 9.84 Å². The summed E-state index contributed by atoms with van der Waals surface area (Å²) >= 11 is 0. The van der Waals surface area contributed by atoms with Gasteiger partial charge in [-0.15, -0.1) is 0 Å². The molecule has 1 atom stereocenters. The largest absolute Gasteiger partial charge is 0.363 e. The summed E-state index contributed by atoms with van der Waals surface area (Å²) < 4.78 is 48.0. The second kappa shape index (κ2) is 5.68. The van der Waals surface area contributed by atoms with Crippen LogP contribution in [0.4, 0.5) is 14.5 Å². The average molecular weight is 327 g/mol. The molecule has 2 aromatic rings. The highest BCUT2D eigenvalue weighted by molar-refractivity contribution is 7.91. The number of rotatable bonds is 4. The Bertz CT molecular complexity index is 730. The minimum Gasteiger partial charge on any atom is -0.363 e. The molecule has 118 valence electrons. The Morgan fingerprint density at radius 2 is 1.95 bits per heavy atom. The first-order chi connectivity index (χ1) is 10.5. The van der Waals surface area contributed by atoms with E-state index in [1.54, 1.807) is 18.3 Å². The van der Waals surface area contributed by atoms with E-state index < -0.39 is 15.6 Å². The maximum absolute atomic E-state index is 12.5. The number of nitrogens with zero attached hydrogens (tertiary/aromatic N) is 2. The van der Waals surface area contributed by atoms with Crippen LogP contribution in [0.3, 0.4) is 0 Å². The second-order valence-corrected chi connectivity index (χ2v) is 7.08. The van der Waals surface area contributed by atoms with Crippen LogP contribution in [0.25, 0.3) is 0 Å². The van der Waals surface area contributed by atoms with Gasteiger partial charge in [0.05, 0.1) is 16.6 Å². The van der Waals surface area contributed by atoms with Crippen LogP contribution in [-0.2, 0) is 9.84 Å². The molecule has 1 aromatic heterocycles. The Balaban J connectivity index is 1.87. The predicted molar refractivity (Wildman–Crippen MR) is 77.5 cm³/mol. The summed E-state index contributed by atoms with van der Waals surface area (Å²) in [5.74, 6) is -3.40. The van der Waals surface area contributed by atoms with E-state index in [0.717, 1.165) is 30.8 Å². The number of halogens is 2. The summed E-state index contributed by atoms with van der Waals surface area (Å²) in [6.07, 6.45) is 3.64. The second-order valence-electron chi connectivity index (χ2n) is 5.16. The first-order valence-corrected chi connectivity index (χ1v) is 8.43. The first kappa shape index (κ1) is 15.0. The number of anilines is 1. The smallest absolute Gasteiger partial charge is 0.341 e. The SMILES string of the molecule is O=S(=O)(c1ccc(N2CCC[C@H]2c2ccn[nH]2)cc1)C(F)F. The molecule has 22 heavy (non-hydrogen) atoms. The van der Waals surface area contributed by atoms with Crippen LogP contribution in [0.5, 0.6) is 0 Å². The number of sulfone groups is 1. The lowest BCUT2D eigenvalue weighted by Crippen LogP contribution is -2.23. The van der Waals surface area contributed by atoms with Crippen LogP contribution >= 0.6 is 0 Å². The maximum atomic E-state index is 12.5. The van der Waals surface area contributed by atoms with Gasteiger partial charge in [-0.25, -0.2) is 8.42 Å². The topological polar surface area (TPSA) is 66.1 Å². The number of aromatic nitrogens is 2. The summed E-state index contributed by atoms with van der Waals surface area (Å²) in [5.41, 5.74) is 1.80. The van der Waals surface area contributed by atoms with Gasteiger partial charge in [0.1, 0.15) is 0 Å². The predicted octanol–water partition coefficient (Wildman–Crippen LogP) is 2.75. The van der Waals surface area contributed by atoms with Crippen LogP contribution in [-0.4, -0.2) is 30.9 Å². The van der Waals surface area contributed by atoms with Gasteiger partial charge in [-0.05, 0) is 43.2 Å². The zero-order valence-corrected chi connectivity index (χ0v) is 12.4. The van der Waals surface area contributed by atoms with E-state index in [1.165, 1.54) is 12.1 Å². The molecule has 1 aliphatic rings. The van der Waals surface area contributed by atoms with Gasteiger partial charge in [0, 0.05) is 18.4 Å². The third-order valence-electron chi connectivity index (χ3n) is 3.87. The quantitative estimate of drug-likeness (QED) is 0.938. The van der Waals surface area contributed by atoms with Gasteiger partial charge < -0.3 is 4.90 Å². The zero-order valence-electron chi connectivity index (χ0n) is 11.6. The molecule has 3 rings (SSSR count). The van der Waals surface area contributed by atoms with E-state index in [9.17, 15) is 17.2 Å². The van der Waals surface area contributed by atoms with Gasteiger partial charge in [-0.1, -0.05) is 0 Å². The van der Waals surface area contributed by atoms with Crippen LogP contribution < -0.4 is 4.90 Å². The summed E-state index contributed by atoms with van der Waals surface area (Å²) in [4.78, 5) is 1.76. The lowest BCUT2D eigenvalue weighted by molar-refractivity contribution is 0.234. The minimum atomic E-state index is -4.54. The average Bonchev–Trinajstić information content (AvgIpc) is 3.18. The molecule has 0 aliphatic carbocycles. The van der Waals surface area contributed by atoms with Crippen molar-refractivity contribution >= 4 is 15.5 Å². The molecular formula is C14H15F2N3O2S. The Morgan fingerprint density at radius 3 is 2.55 bits per heavy atom. The highest BCUT2D eigenvalue weighted by Crippen LogP contribution is 2.35. The monoisotopic (exact) mass is 327 g/mol. The Hall–Kier alpha value is -1.96. The Morgan fingerprint density at radius 1 is 1.23 bits per heavy atom. The normalized spacial score (nSPS) is 19.0. The summed E-state index contributed by atoms with van der Waals surface area (Å²) in [6.45, 7) is 0.824. The fourth-order valence-electron chi connectivity index (χ4n) is 2.78. The molecule has 1 aliphatic heterocycles. The highest BCUT2D eigenvalue weighted by Gasteiger charge is 2.29. The van der Waals surface area contributed by atoms with Crippen molar-refractivity contribution < 1.29 is 17.2 Å². The van der Waals surface area contributed by atoms with E-state index in [-0.39, 0.29) is 10.9 Å². The van der Waals surface area contributed by atoms with E-state index in [0.29, 0.717) is 0 Å². The lowest BCUT2D eigenvalue weighted by atomic mass is 10.1. The molecule has 1 N–H and O–H groups in total. The third-order valence-corrected chi connectivity index (χ3v) is 5.26. The van der Waals surface area contributed by atoms with Gasteiger partial charge in [0.15, 0.2) is 0 Å². The fraction of sp³-hybridized carbons (Fsp3) is 0.357. The molecule has 0 spiro atoms. The Kier molecular flexibility index (Phi) is 3.86. The van der Waals surface area contributed by atoms with Gasteiger partial charge >= 0.3 is 5.76 Å². The van der Waals surface area contributed by atoms with Crippen molar-refractivity contribution in [3.8, 4) is 0 Å². The molecule has 1 saturated heterocycles. The molecular weight excluding hydrogens is 312 g/mol. The molecule has 0 radical (unpaired) electrons. The molecule has 2 heterocycles. The van der Waals surface area contributed by atoms with E-state index >= 15 is 0 Å². The summed E-state index contributed by atoms with van der Waals surface area (Å²) in [7, 11) is -4.54. The maximum Gasteiger partial charge on any atom is 0.341 e. The summed E-state index contributed by atoms with van der Waals surface area (Å²) in [6, 6.07) is 7.66. The van der Waals surface area contributed by atoms with E-state index in [2.05, 4.69) is 15.1 Å². The standard InChI is InChI=1S/C14H15F2N3O2S/c15-14(16)22(20,21)11-5-3-10(4-6-11)19-9-1-2-13(19)12-7-8-17-18-12/h3-8,13-14H,1-2,9H2,(H,17,18)/t13-/m0/s1. The third kappa shape index (κ3) is 2.58. The number of aromatic amines is 1. The molecule has 1 fully saturated rings. The fourth-order valence-corrected chi connectivity index (χ4v) is 3.50. The molecule has 1 aromatic carbocycles. The van der Waals surface area contributed by atoms with Gasteiger partial charge in [-0.3, -0.25) is 5.10 Å². The molecule has 0 saturated carbocycles. The van der Waals surface area contributed by atoms with Crippen molar-refractivity contribution in [1.82, 2.24) is 10.2 Å². The number of hydrogen-bond donors (Lipinski definition) is 1. The van der Waals surface area contributed by atoms with Crippen LogP contribution in [0.2, 0.25) is 0 Å². The van der Waals surface area contributed by atoms with E-state index in [4.69, 9.17) is 0 Å². The van der Waals surface area contributed by atoms with Crippen LogP contribution in [0.1, 0.15) is 24.6 Å². The lowest BCUT2D eigenvalue weighted by Gasteiger charge is -2.26. The number of H-pyrrole nitrogens is 1. The van der Waals surface area contributed by atoms with Gasteiger partial charge in [0.25, 0.3) is 0 Å². The van der Waals surface area contributed by atoms with Gasteiger partial charge in [-0.2, -0.15) is 13.9 Å². The van der Waals surface area contributed by atoms with Crippen molar-refractivity contribution in [3.05, 3.63) is 42.2 Å². The number of nitrogens with one attached hydrogen (secondary N) is 1. The number of hydrogen-bond acceptors (Lipinski definition) is 4. The van der Waals surface area contributed by atoms with Crippen LogP contribution in [0, 0.1) is 0 Å². The molecule has 0 bridgehead atoms. The van der Waals surface area contributed by atoms with Crippen molar-refractivity contribution in [2.45, 2.75) is 29.5 Å². The minimum absolute atomic E-state index is 0.139. The first-order valence-electron chi connectivity index (χ1n) is 6.88.